The minimum Gasteiger partial charge on any atom is -0.404 e. The van der Waals surface area contributed by atoms with Crippen LogP contribution in [0.5, 0.6) is 5.75 Å². The number of para-hydroxylation sites is 1. The molecule has 1 aliphatic heterocycles. The van der Waals surface area contributed by atoms with E-state index in [-0.39, 0.29) is 0 Å². The molecule has 0 bridgehead atoms. The van der Waals surface area contributed by atoms with Gasteiger partial charge in [0.25, 0.3) is 0 Å². The zero-order chi connectivity index (χ0) is 21.8. The highest BCUT2D eigenvalue weighted by Gasteiger charge is 2.38. The summed E-state index contributed by atoms with van der Waals surface area (Å²) in [5.41, 5.74) is 0.864. The third-order valence-electron chi connectivity index (χ3n) is 4.72. The maximum atomic E-state index is 13.4. The minimum atomic E-state index is -5.05. The Balaban J connectivity index is 2.01. The minimum absolute atomic E-state index is 0.329. The second kappa shape index (κ2) is 9.05. The number of sulfonamides is 1. The van der Waals surface area contributed by atoms with Crippen molar-refractivity contribution in [3.63, 3.8) is 0 Å². The van der Waals surface area contributed by atoms with Crippen LogP contribution in [-0.4, -0.2) is 44.1 Å². The Morgan fingerprint density at radius 3 is 2.43 bits per heavy atom. The lowest BCUT2D eigenvalue weighted by atomic mass is 10.0. The lowest BCUT2D eigenvalue weighted by Crippen LogP contribution is -2.49. The third kappa shape index (κ3) is 5.51. The lowest BCUT2D eigenvalue weighted by molar-refractivity contribution is -0.275. The van der Waals surface area contributed by atoms with Crippen LogP contribution < -0.4 is 10.1 Å². The van der Waals surface area contributed by atoms with Crippen LogP contribution in [0.15, 0.2) is 59.5 Å². The van der Waals surface area contributed by atoms with Crippen LogP contribution in [0, 0.1) is 0 Å². The molecule has 0 aromatic heterocycles. The Bertz CT molecular complexity index is 981. The first-order valence-electron chi connectivity index (χ1n) is 9.34. The molecule has 10 heteroatoms. The Hall–Kier alpha value is -2.59. The summed E-state index contributed by atoms with van der Waals surface area (Å²) in [4.78, 5) is 11.6. The molecule has 1 amide bonds. The smallest absolute Gasteiger partial charge is 0.404 e. The SMILES string of the molecule is O=C1CN(S(=O)(=O)c2ccccc2OC(F)(F)F)C(Cc2ccccc2)CCCN1. The summed E-state index contributed by atoms with van der Waals surface area (Å²) in [7, 11) is -4.46. The van der Waals surface area contributed by atoms with Crippen molar-refractivity contribution in [3.8, 4) is 5.75 Å². The fraction of sp³-hybridized carbons (Fsp3) is 0.350. The van der Waals surface area contributed by atoms with Crippen molar-refractivity contribution in [1.29, 1.82) is 0 Å². The molecule has 1 N–H and O–H groups in total. The zero-order valence-corrected chi connectivity index (χ0v) is 16.7. The van der Waals surface area contributed by atoms with Crippen molar-refractivity contribution in [2.24, 2.45) is 0 Å². The van der Waals surface area contributed by atoms with E-state index < -0.39 is 45.5 Å². The van der Waals surface area contributed by atoms with E-state index in [9.17, 15) is 26.4 Å². The first kappa shape index (κ1) is 22.1. The summed E-state index contributed by atoms with van der Waals surface area (Å²) in [6.07, 6.45) is -3.75. The number of nitrogens with one attached hydrogen (secondary N) is 1. The normalized spacial score (nSPS) is 18.9. The van der Waals surface area contributed by atoms with Crippen LogP contribution in [0.25, 0.3) is 0 Å². The lowest BCUT2D eigenvalue weighted by Gasteiger charge is -2.33. The quantitative estimate of drug-likeness (QED) is 0.772. The highest BCUT2D eigenvalue weighted by molar-refractivity contribution is 7.89. The number of alkyl halides is 3. The summed E-state index contributed by atoms with van der Waals surface area (Å²) in [6.45, 7) is -0.0774. The van der Waals surface area contributed by atoms with Gasteiger partial charge < -0.3 is 10.1 Å². The van der Waals surface area contributed by atoms with Crippen molar-refractivity contribution < 1.29 is 31.1 Å². The van der Waals surface area contributed by atoms with Gasteiger partial charge >= 0.3 is 6.36 Å². The van der Waals surface area contributed by atoms with E-state index in [1.54, 1.807) is 0 Å². The molecule has 6 nitrogen and oxygen atoms in total. The summed E-state index contributed by atoms with van der Waals surface area (Å²) in [5.74, 6) is -1.34. The van der Waals surface area contributed by atoms with Gasteiger partial charge in [-0.15, -0.1) is 13.2 Å². The van der Waals surface area contributed by atoms with Gasteiger partial charge in [0.2, 0.25) is 15.9 Å². The average molecular weight is 442 g/mol. The van der Waals surface area contributed by atoms with Crippen molar-refractivity contribution in [3.05, 3.63) is 60.2 Å². The fourth-order valence-corrected chi connectivity index (χ4v) is 5.13. The van der Waals surface area contributed by atoms with Crippen LogP contribution in [0.3, 0.4) is 0 Å². The number of carbonyl (C=O) groups excluding carboxylic acids is 1. The predicted octanol–water partition coefficient (Wildman–Crippen LogP) is 3.10. The first-order chi connectivity index (χ1) is 14.2. The topological polar surface area (TPSA) is 75.7 Å². The van der Waals surface area contributed by atoms with Gasteiger partial charge in [-0.2, -0.15) is 4.31 Å². The summed E-state index contributed by atoms with van der Waals surface area (Å²) >= 11 is 0. The van der Waals surface area contributed by atoms with Gasteiger partial charge in [0.05, 0.1) is 6.54 Å². The Kier molecular flexibility index (Phi) is 6.67. The van der Waals surface area contributed by atoms with E-state index in [1.807, 2.05) is 30.3 Å². The summed E-state index contributed by atoms with van der Waals surface area (Å²) < 4.78 is 70.1. The van der Waals surface area contributed by atoms with Gasteiger partial charge in [0.1, 0.15) is 10.6 Å². The Morgan fingerprint density at radius 1 is 1.07 bits per heavy atom. The van der Waals surface area contributed by atoms with Gasteiger partial charge in [-0.25, -0.2) is 8.42 Å². The maximum Gasteiger partial charge on any atom is 0.573 e. The molecule has 1 fully saturated rings. The number of nitrogens with zero attached hydrogens (tertiary/aromatic N) is 1. The van der Waals surface area contributed by atoms with Crippen LogP contribution in [0.4, 0.5) is 13.2 Å². The van der Waals surface area contributed by atoms with E-state index in [0.29, 0.717) is 25.8 Å². The molecule has 0 saturated carbocycles. The number of carbonyl (C=O) groups is 1. The molecule has 1 atom stereocenters. The van der Waals surface area contributed by atoms with Crippen LogP contribution in [0.1, 0.15) is 18.4 Å². The standard InChI is InChI=1S/C20H21F3N2O4S/c21-20(22,23)29-17-10-4-5-11-18(17)30(27,28)25-14-19(26)24-12-6-9-16(25)13-15-7-2-1-3-8-15/h1-5,7-8,10-11,16H,6,9,12-14H2,(H,24,26). The predicted molar refractivity (Wildman–Crippen MR) is 103 cm³/mol. The van der Waals surface area contributed by atoms with E-state index in [4.69, 9.17) is 0 Å². The molecule has 0 radical (unpaired) electrons. The average Bonchev–Trinajstić information content (AvgIpc) is 2.67. The van der Waals surface area contributed by atoms with Crippen molar-refractivity contribution in [2.75, 3.05) is 13.1 Å². The van der Waals surface area contributed by atoms with E-state index >= 15 is 0 Å². The van der Waals surface area contributed by atoms with Gasteiger partial charge in [-0.3, -0.25) is 4.79 Å². The van der Waals surface area contributed by atoms with Gasteiger partial charge in [-0.1, -0.05) is 42.5 Å². The van der Waals surface area contributed by atoms with Crippen LogP contribution >= 0.6 is 0 Å². The number of hydrogen-bond acceptors (Lipinski definition) is 4. The zero-order valence-electron chi connectivity index (χ0n) is 15.9. The molecule has 3 rings (SSSR count). The molecule has 0 spiro atoms. The largest absolute Gasteiger partial charge is 0.573 e. The molecule has 1 unspecified atom stereocenters. The Labute approximate surface area is 172 Å². The second-order valence-electron chi connectivity index (χ2n) is 6.88. The van der Waals surface area contributed by atoms with E-state index in [0.717, 1.165) is 22.0 Å². The molecule has 2 aromatic carbocycles. The molecule has 0 aliphatic carbocycles. The number of halogens is 3. The Morgan fingerprint density at radius 2 is 1.73 bits per heavy atom. The van der Waals surface area contributed by atoms with Crippen LogP contribution in [0.2, 0.25) is 0 Å². The molecule has 30 heavy (non-hydrogen) atoms. The van der Waals surface area contributed by atoms with Gasteiger partial charge in [0.15, 0.2) is 0 Å². The molecule has 1 saturated heterocycles. The van der Waals surface area contributed by atoms with E-state index in [2.05, 4.69) is 10.1 Å². The molecular formula is C20H21F3N2O4S. The highest BCUT2D eigenvalue weighted by Crippen LogP contribution is 2.33. The molecular weight excluding hydrogens is 421 g/mol. The highest BCUT2D eigenvalue weighted by atomic mass is 32.2. The fourth-order valence-electron chi connectivity index (χ4n) is 3.41. The number of ether oxygens (including phenoxy) is 1. The summed E-state index contributed by atoms with van der Waals surface area (Å²) in [5, 5.41) is 2.62. The molecule has 162 valence electrons. The van der Waals surface area contributed by atoms with Gasteiger partial charge in [-0.05, 0) is 37.0 Å². The monoisotopic (exact) mass is 442 g/mol. The third-order valence-corrected chi connectivity index (χ3v) is 6.66. The van der Waals surface area contributed by atoms with Crippen LogP contribution in [-0.2, 0) is 21.2 Å². The number of amides is 1. The molecule has 1 aliphatic rings. The van der Waals surface area contributed by atoms with Crippen molar-refractivity contribution in [2.45, 2.75) is 36.6 Å². The number of benzene rings is 2. The van der Waals surface area contributed by atoms with E-state index in [1.165, 1.54) is 12.1 Å². The number of hydrogen-bond donors (Lipinski definition) is 1. The summed E-state index contributed by atoms with van der Waals surface area (Å²) in [6, 6.07) is 13.1. The first-order valence-corrected chi connectivity index (χ1v) is 10.8. The number of rotatable bonds is 5. The second-order valence-corrected chi connectivity index (χ2v) is 8.74. The van der Waals surface area contributed by atoms with Crippen molar-refractivity contribution in [1.82, 2.24) is 9.62 Å². The van der Waals surface area contributed by atoms with Gasteiger partial charge in [0, 0.05) is 12.6 Å². The molecule has 2 aromatic rings. The maximum absolute atomic E-state index is 13.4. The van der Waals surface area contributed by atoms with Crippen molar-refractivity contribution >= 4 is 15.9 Å². The molecule has 1 heterocycles.